The number of esters is 1. The zero-order valence-electron chi connectivity index (χ0n) is 15.1. The van der Waals surface area contributed by atoms with Crippen molar-refractivity contribution in [2.75, 3.05) is 19.5 Å². The maximum Gasteiger partial charge on any atom is 0.364 e. The van der Waals surface area contributed by atoms with E-state index in [0.29, 0.717) is 18.2 Å². The number of hydrogen-bond acceptors (Lipinski definition) is 9. The summed E-state index contributed by atoms with van der Waals surface area (Å²) in [6.45, 7) is 3.71. The van der Waals surface area contributed by atoms with Crippen molar-refractivity contribution in [3.63, 3.8) is 0 Å². The van der Waals surface area contributed by atoms with Gasteiger partial charge in [-0.15, -0.1) is 0 Å². The highest BCUT2D eigenvalue weighted by Gasteiger charge is 2.20. The van der Waals surface area contributed by atoms with Gasteiger partial charge in [0.15, 0.2) is 0 Å². The summed E-state index contributed by atoms with van der Waals surface area (Å²) in [4.78, 5) is 22.6. The first-order valence-electron chi connectivity index (χ1n) is 7.78. The Kier molecular flexibility index (Phi) is 9.26. The zero-order chi connectivity index (χ0) is 20.4. The third-order valence-corrected chi connectivity index (χ3v) is 5.25. The van der Waals surface area contributed by atoms with E-state index in [1.807, 2.05) is 6.92 Å². The number of carbonyl (C=O) groups excluding carboxylic acids is 1. The molecule has 9 nitrogen and oxygen atoms in total. The number of hydrogen-bond donors (Lipinski definition) is 1. The van der Waals surface area contributed by atoms with Crippen LogP contribution in [0.25, 0.3) is 0 Å². The normalized spacial score (nSPS) is 13.1. The van der Waals surface area contributed by atoms with Gasteiger partial charge in [0.25, 0.3) is 0 Å². The molecule has 150 valence electrons. The summed E-state index contributed by atoms with van der Waals surface area (Å²) < 4.78 is 38.4. The number of aryl methyl sites for hydroxylation is 1. The maximum atomic E-state index is 12.0. The van der Waals surface area contributed by atoms with Crippen molar-refractivity contribution in [2.24, 2.45) is 5.16 Å². The minimum atomic E-state index is -4.27. The Morgan fingerprint density at radius 2 is 1.89 bits per heavy atom. The fourth-order valence-electron chi connectivity index (χ4n) is 1.58. The second kappa shape index (κ2) is 10.9. The van der Waals surface area contributed by atoms with Crippen molar-refractivity contribution in [1.29, 1.82) is 0 Å². The van der Waals surface area contributed by atoms with Crippen LogP contribution in [0.2, 0.25) is 0 Å². The van der Waals surface area contributed by atoms with E-state index in [4.69, 9.17) is 14.6 Å². The molecule has 1 atom stereocenters. The molecule has 0 heterocycles. The second-order valence-corrected chi connectivity index (χ2v) is 7.88. The monoisotopic (exact) mass is 419 g/mol. The van der Waals surface area contributed by atoms with Crippen molar-refractivity contribution in [3.8, 4) is 0 Å². The largest absolute Gasteiger partial charge is 0.476 e. The van der Waals surface area contributed by atoms with Crippen LogP contribution in [0.3, 0.4) is 0 Å². The first-order valence-corrected chi connectivity index (χ1v) is 10.2. The van der Waals surface area contributed by atoms with Crippen LogP contribution in [0.5, 0.6) is 0 Å². The molecule has 0 aliphatic carbocycles. The Morgan fingerprint density at radius 3 is 2.44 bits per heavy atom. The molecule has 1 aromatic carbocycles. The average molecular weight is 419 g/mol. The van der Waals surface area contributed by atoms with Crippen molar-refractivity contribution in [1.82, 2.24) is 0 Å². The number of oxime groups is 1. The van der Waals surface area contributed by atoms with Gasteiger partial charge in [-0.1, -0.05) is 34.6 Å². The lowest BCUT2D eigenvalue weighted by atomic mass is 10.2. The van der Waals surface area contributed by atoms with E-state index in [1.165, 1.54) is 19.2 Å². The zero-order valence-corrected chi connectivity index (χ0v) is 16.7. The van der Waals surface area contributed by atoms with Gasteiger partial charge in [0.1, 0.15) is 4.90 Å². The van der Waals surface area contributed by atoms with Crippen molar-refractivity contribution < 1.29 is 36.9 Å². The Bertz CT molecular complexity index is 774. The molecule has 0 saturated heterocycles. The number of nitrogens with zero attached hydrogens (tertiary/aromatic N) is 1. The number of rotatable bonds is 9. The number of benzene rings is 1. The van der Waals surface area contributed by atoms with E-state index >= 15 is 0 Å². The van der Waals surface area contributed by atoms with Crippen molar-refractivity contribution in [3.05, 3.63) is 29.8 Å². The minimum absolute atomic E-state index is 0.0815. The molecular formula is C16H21NO8S2. The molecule has 0 aliphatic rings. The number of carboxylic acids is 1. The van der Waals surface area contributed by atoms with Crippen LogP contribution >= 0.6 is 11.8 Å². The van der Waals surface area contributed by atoms with E-state index < -0.39 is 27.1 Å². The smallest absolute Gasteiger partial charge is 0.364 e. The predicted molar refractivity (Wildman–Crippen MR) is 99.0 cm³/mol. The molecule has 1 aromatic rings. The second-order valence-electron chi connectivity index (χ2n) is 5.39. The summed E-state index contributed by atoms with van der Waals surface area (Å²) in [5.74, 6) is -2.56. The molecule has 0 bridgehead atoms. The lowest BCUT2D eigenvalue weighted by Gasteiger charge is -2.09. The van der Waals surface area contributed by atoms with Crippen LogP contribution in [0.4, 0.5) is 0 Å². The van der Waals surface area contributed by atoms with Crippen LogP contribution < -0.4 is 0 Å². The summed E-state index contributed by atoms with van der Waals surface area (Å²) in [5, 5.41) is 11.5. The molecular weight excluding hydrogens is 398 g/mol. The van der Waals surface area contributed by atoms with Crippen LogP contribution in [0.15, 0.2) is 34.3 Å². The Morgan fingerprint density at radius 1 is 1.26 bits per heavy atom. The number of carbonyl (C=O) groups is 2. The van der Waals surface area contributed by atoms with Crippen molar-refractivity contribution in [2.45, 2.75) is 31.3 Å². The SMILES string of the molecule is COC(C)CCOC(=O)CS/C(=N\OS(=O)(=O)c1ccc(C)cc1)C(=O)O. The third-order valence-electron chi connectivity index (χ3n) is 3.23. The van der Waals surface area contributed by atoms with Gasteiger partial charge in [-0.25, -0.2) is 4.79 Å². The average Bonchev–Trinajstić information content (AvgIpc) is 2.61. The van der Waals surface area contributed by atoms with E-state index in [9.17, 15) is 18.0 Å². The number of thioether (sulfide) groups is 1. The quantitative estimate of drug-likeness (QED) is 0.276. The fourth-order valence-corrected chi connectivity index (χ4v) is 2.91. The molecule has 1 N–H and O–H groups in total. The van der Waals surface area contributed by atoms with Crippen LogP contribution in [0.1, 0.15) is 18.9 Å². The van der Waals surface area contributed by atoms with Gasteiger partial charge in [0.2, 0.25) is 5.04 Å². The molecule has 11 heteroatoms. The Labute approximate surface area is 161 Å². The molecule has 1 unspecified atom stereocenters. The van der Waals surface area contributed by atoms with Gasteiger partial charge in [-0.2, -0.15) is 8.42 Å². The Balaban J connectivity index is 2.63. The molecule has 1 rings (SSSR count). The molecule has 0 aromatic heterocycles. The van der Waals surface area contributed by atoms with Gasteiger partial charge < -0.3 is 14.6 Å². The van der Waals surface area contributed by atoms with Gasteiger partial charge in [0, 0.05) is 13.5 Å². The lowest BCUT2D eigenvalue weighted by molar-refractivity contribution is -0.141. The lowest BCUT2D eigenvalue weighted by Crippen LogP contribution is -2.17. The van der Waals surface area contributed by atoms with Crippen LogP contribution in [-0.4, -0.2) is 56.1 Å². The predicted octanol–water partition coefficient (Wildman–Crippen LogP) is 1.80. The summed E-state index contributed by atoms with van der Waals surface area (Å²) in [6, 6.07) is 5.75. The molecule has 0 aliphatic heterocycles. The highest BCUT2D eigenvalue weighted by molar-refractivity contribution is 8.16. The van der Waals surface area contributed by atoms with Crippen molar-refractivity contribution >= 4 is 38.9 Å². The van der Waals surface area contributed by atoms with Gasteiger partial charge in [0.05, 0.1) is 18.5 Å². The minimum Gasteiger partial charge on any atom is -0.476 e. The van der Waals surface area contributed by atoms with Gasteiger partial charge in [-0.3, -0.25) is 9.08 Å². The first-order chi connectivity index (χ1) is 12.7. The first kappa shape index (κ1) is 22.9. The molecule has 0 amide bonds. The number of carboxylic acid groups (broad SMARTS) is 1. The molecule has 27 heavy (non-hydrogen) atoms. The fraction of sp³-hybridized carbons (Fsp3) is 0.438. The number of aliphatic carboxylic acids is 1. The molecule has 0 spiro atoms. The highest BCUT2D eigenvalue weighted by atomic mass is 32.2. The molecule has 0 fully saturated rings. The van der Waals surface area contributed by atoms with E-state index in [0.717, 1.165) is 5.56 Å². The highest BCUT2D eigenvalue weighted by Crippen LogP contribution is 2.15. The summed E-state index contributed by atoms with van der Waals surface area (Å²) in [6.07, 6.45) is 0.409. The number of methoxy groups -OCH3 is 1. The topological polar surface area (TPSA) is 129 Å². The van der Waals surface area contributed by atoms with E-state index in [1.54, 1.807) is 19.1 Å². The molecule has 0 saturated carbocycles. The maximum absolute atomic E-state index is 12.0. The van der Waals surface area contributed by atoms with E-state index in [-0.39, 0.29) is 23.4 Å². The van der Waals surface area contributed by atoms with Crippen LogP contribution in [0, 0.1) is 6.92 Å². The summed E-state index contributed by atoms with van der Waals surface area (Å²) >= 11 is 0.496. The number of ether oxygens (including phenoxy) is 2. The molecule has 0 radical (unpaired) electrons. The summed E-state index contributed by atoms with van der Waals surface area (Å²) in [5.41, 5.74) is 0.845. The Hall–Kier alpha value is -2.11. The van der Waals surface area contributed by atoms with Gasteiger partial charge in [-0.05, 0) is 26.0 Å². The standard InChI is InChI=1S/C16H21NO8S2/c1-11-4-6-13(7-5-11)27(21,22)25-17-15(16(19)20)26-10-14(18)24-9-8-12(2)23-3/h4-7,12H,8-10H2,1-3H3,(H,19,20)/b17-15-. The van der Waals surface area contributed by atoms with Gasteiger partial charge >= 0.3 is 22.1 Å². The van der Waals surface area contributed by atoms with Crippen LogP contribution in [-0.2, 0) is 33.5 Å². The third kappa shape index (κ3) is 8.41. The summed E-state index contributed by atoms with van der Waals surface area (Å²) in [7, 11) is -2.73. The van der Waals surface area contributed by atoms with E-state index in [2.05, 4.69) is 9.44 Å².